The second-order valence-corrected chi connectivity index (χ2v) is 9.13. The van der Waals surface area contributed by atoms with Gasteiger partial charge in [-0.3, -0.25) is 4.90 Å². The Labute approximate surface area is 209 Å². The predicted molar refractivity (Wildman–Crippen MR) is 137 cm³/mol. The fraction of sp³-hybridized carbons (Fsp3) is 0.652. The van der Waals surface area contributed by atoms with Gasteiger partial charge in [0.05, 0.1) is 25.8 Å². The summed E-state index contributed by atoms with van der Waals surface area (Å²) in [5.41, 5.74) is 2.02. The highest BCUT2D eigenvalue weighted by molar-refractivity contribution is 14.0. The van der Waals surface area contributed by atoms with E-state index in [0.717, 1.165) is 45.4 Å². The number of amides is 1. The first-order valence-corrected chi connectivity index (χ1v) is 11.2. The normalized spacial score (nSPS) is 17.9. The molecule has 2 fully saturated rings. The second kappa shape index (κ2) is 12.6. The lowest BCUT2D eigenvalue weighted by atomic mass is 10.1. The first-order chi connectivity index (χ1) is 14.8. The van der Waals surface area contributed by atoms with Crippen LogP contribution >= 0.6 is 24.0 Å². The molecule has 0 bridgehead atoms. The topological polar surface area (TPSA) is 78.4 Å². The number of halogens is 1. The van der Waals surface area contributed by atoms with Crippen LogP contribution in [-0.2, 0) is 22.6 Å². The lowest BCUT2D eigenvalue weighted by Gasteiger charge is -2.40. The molecule has 0 aromatic heterocycles. The average Bonchev–Trinajstić information content (AvgIpc) is 2.69. The zero-order valence-corrected chi connectivity index (χ0v) is 22.1. The predicted octanol–water partition coefficient (Wildman–Crippen LogP) is 2.81. The molecular formula is C23H38IN5O3. The van der Waals surface area contributed by atoms with Gasteiger partial charge in [0.1, 0.15) is 5.60 Å². The Morgan fingerprint density at radius 1 is 1.16 bits per heavy atom. The number of nitrogens with zero attached hydrogens (tertiary/aromatic N) is 3. The maximum atomic E-state index is 12.1. The summed E-state index contributed by atoms with van der Waals surface area (Å²) < 4.78 is 10.8. The van der Waals surface area contributed by atoms with Crippen LogP contribution in [0.4, 0.5) is 4.79 Å². The van der Waals surface area contributed by atoms with Crippen molar-refractivity contribution in [1.29, 1.82) is 0 Å². The summed E-state index contributed by atoms with van der Waals surface area (Å²) in [7, 11) is 0. The quantitative estimate of drug-likeness (QED) is 0.317. The minimum Gasteiger partial charge on any atom is -0.444 e. The molecule has 3 rings (SSSR count). The van der Waals surface area contributed by atoms with Crippen LogP contribution in [0.15, 0.2) is 29.3 Å². The number of guanidine groups is 1. The molecule has 32 heavy (non-hydrogen) atoms. The first kappa shape index (κ1) is 26.7. The molecule has 0 unspecified atom stereocenters. The van der Waals surface area contributed by atoms with Crippen LogP contribution < -0.4 is 10.6 Å². The zero-order chi connectivity index (χ0) is 22.3. The molecule has 2 aliphatic rings. The van der Waals surface area contributed by atoms with Crippen LogP contribution in [0.2, 0.25) is 0 Å². The highest BCUT2D eigenvalue weighted by Gasteiger charge is 2.34. The molecule has 2 saturated heterocycles. The van der Waals surface area contributed by atoms with Gasteiger partial charge in [0, 0.05) is 39.3 Å². The Morgan fingerprint density at radius 3 is 2.38 bits per heavy atom. The average molecular weight is 559 g/mol. The standard InChI is InChI=1S/C23H37N5O3.HI/c1-5-24-21(26-20-16-28(17-20)22(29)31-23(2,3)4)25-14-18-6-8-19(9-7-18)15-27-10-12-30-13-11-27;/h6-9,20H,5,10-17H2,1-4H3,(H2,24,25,26);1H. The molecule has 0 spiro atoms. The number of ether oxygens (including phenoxy) is 2. The molecule has 8 nitrogen and oxygen atoms in total. The molecule has 1 aromatic rings. The summed E-state index contributed by atoms with van der Waals surface area (Å²) >= 11 is 0. The molecule has 0 aliphatic carbocycles. The zero-order valence-electron chi connectivity index (χ0n) is 19.7. The van der Waals surface area contributed by atoms with Crippen molar-refractivity contribution in [3.8, 4) is 0 Å². The van der Waals surface area contributed by atoms with Gasteiger partial charge in [-0.25, -0.2) is 9.79 Å². The smallest absolute Gasteiger partial charge is 0.410 e. The molecule has 2 aliphatic heterocycles. The van der Waals surface area contributed by atoms with Gasteiger partial charge >= 0.3 is 6.09 Å². The van der Waals surface area contributed by atoms with E-state index in [1.165, 1.54) is 11.1 Å². The molecule has 0 radical (unpaired) electrons. The molecule has 2 heterocycles. The molecule has 1 amide bonds. The Morgan fingerprint density at radius 2 is 1.78 bits per heavy atom. The van der Waals surface area contributed by atoms with Crippen LogP contribution in [0.25, 0.3) is 0 Å². The van der Waals surface area contributed by atoms with E-state index in [1.807, 2.05) is 27.7 Å². The number of hydrogen-bond donors (Lipinski definition) is 2. The molecule has 9 heteroatoms. The molecule has 0 saturated carbocycles. The third kappa shape index (κ3) is 8.74. The van der Waals surface area contributed by atoms with Gasteiger partial charge in [-0.15, -0.1) is 24.0 Å². The van der Waals surface area contributed by atoms with Crippen LogP contribution in [0.3, 0.4) is 0 Å². The van der Waals surface area contributed by atoms with Crippen molar-refractivity contribution in [3.63, 3.8) is 0 Å². The van der Waals surface area contributed by atoms with Gasteiger partial charge in [0.15, 0.2) is 5.96 Å². The lowest BCUT2D eigenvalue weighted by Crippen LogP contribution is -2.63. The monoisotopic (exact) mass is 559 g/mol. The second-order valence-electron chi connectivity index (χ2n) is 9.13. The van der Waals surface area contributed by atoms with E-state index in [9.17, 15) is 4.79 Å². The van der Waals surface area contributed by atoms with Gasteiger partial charge in [-0.2, -0.15) is 0 Å². The van der Waals surface area contributed by atoms with E-state index in [0.29, 0.717) is 19.6 Å². The van der Waals surface area contributed by atoms with Crippen LogP contribution in [0, 0.1) is 0 Å². The largest absolute Gasteiger partial charge is 0.444 e. The first-order valence-electron chi connectivity index (χ1n) is 11.2. The highest BCUT2D eigenvalue weighted by atomic mass is 127. The molecular weight excluding hydrogens is 521 g/mol. The van der Waals surface area contributed by atoms with Crippen LogP contribution in [-0.4, -0.2) is 79.4 Å². The Hall–Kier alpha value is -1.59. The summed E-state index contributed by atoms with van der Waals surface area (Å²) in [6.07, 6.45) is -0.260. The molecule has 180 valence electrons. The van der Waals surface area contributed by atoms with Crippen LogP contribution in [0.5, 0.6) is 0 Å². The van der Waals surface area contributed by atoms with Crippen molar-refractivity contribution in [2.24, 2.45) is 4.99 Å². The Bertz CT molecular complexity index is 739. The maximum absolute atomic E-state index is 12.1. The fourth-order valence-electron chi connectivity index (χ4n) is 3.50. The molecule has 1 aromatic carbocycles. The van der Waals surface area contributed by atoms with Crippen molar-refractivity contribution in [3.05, 3.63) is 35.4 Å². The number of carbonyl (C=O) groups excluding carboxylic acids is 1. The number of rotatable bonds is 6. The summed E-state index contributed by atoms with van der Waals surface area (Å²) in [5, 5.41) is 6.69. The molecule has 2 N–H and O–H groups in total. The summed E-state index contributed by atoms with van der Waals surface area (Å²) in [6.45, 7) is 14.9. The summed E-state index contributed by atoms with van der Waals surface area (Å²) in [6, 6.07) is 8.85. The van der Waals surface area contributed by atoms with E-state index < -0.39 is 5.60 Å². The summed E-state index contributed by atoms with van der Waals surface area (Å²) in [5.74, 6) is 0.772. The van der Waals surface area contributed by atoms with Crippen LogP contribution in [0.1, 0.15) is 38.8 Å². The fourth-order valence-corrected chi connectivity index (χ4v) is 3.50. The Balaban J connectivity index is 0.00000363. The van der Waals surface area contributed by atoms with Crippen molar-refractivity contribution in [2.75, 3.05) is 45.9 Å². The van der Waals surface area contributed by atoms with Gasteiger partial charge in [-0.1, -0.05) is 24.3 Å². The SMILES string of the molecule is CCNC(=NCc1ccc(CN2CCOCC2)cc1)NC1CN(C(=O)OC(C)(C)C)C1.I. The van der Waals surface area contributed by atoms with E-state index in [1.54, 1.807) is 4.90 Å². The van der Waals surface area contributed by atoms with Gasteiger partial charge in [-0.05, 0) is 38.8 Å². The Kier molecular flexibility index (Phi) is 10.5. The van der Waals surface area contributed by atoms with Crippen molar-refractivity contribution in [1.82, 2.24) is 20.4 Å². The number of nitrogens with one attached hydrogen (secondary N) is 2. The molecule has 0 atom stereocenters. The van der Waals surface area contributed by atoms with Crippen molar-refractivity contribution < 1.29 is 14.3 Å². The number of aliphatic imine (C=N–C) groups is 1. The lowest BCUT2D eigenvalue weighted by molar-refractivity contribution is 0.00700. The summed E-state index contributed by atoms with van der Waals surface area (Å²) in [4.78, 5) is 20.9. The van der Waals surface area contributed by atoms with E-state index in [-0.39, 0.29) is 36.1 Å². The number of hydrogen-bond acceptors (Lipinski definition) is 5. The number of morpholine rings is 1. The number of benzene rings is 1. The van der Waals surface area contributed by atoms with E-state index in [2.05, 4.69) is 39.8 Å². The number of likely N-dealkylation sites (tertiary alicyclic amines) is 1. The van der Waals surface area contributed by atoms with Gasteiger partial charge in [0.2, 0.25) is 0 Å². The maximum Gasteiger partial charge on any atom is 0.410 e. The highest BCUT2D eigenvalue weighted by Crippen LogP contribution is 2.15. The van der Waals surface area contributed by atoms with Crippen molar-refractivity contribution in [2.45, 2.75) is 52.4 Å². The number of carbonyl (C=O) groups is 1. The van der Waals surface area contributed by atoms with E-state index >= 15 is 0 Å². The third-order valence-electron chi connectivity index (χ3n) is 5.17. The van der Waals surface area contributed by atoms with Gasteiger partial charge < -0.3 is 25.0 Å². The minimum atomic E-state index is -0.469. The minimum absolute atomic E-state index is 0. The van der Waals surface area contributed by atoms with Crippen molar-refractivity contribution >= 4 is 36.0 Å². The third-order valence-corrected chi connectivity index (χ3v) is 5.17. The van der Waals surface area contributed by atoms with E-state index in [4.69, 9.17) is 14.5 Å². The van der Waals surface area contributed by atoms with Gasteiger partial charge in [0.25, 0.3) is 0 Å².